The van der Waals surface area contributed by atoms with Crippen molar-refractivity contribution in [2.45, 2.75) is 26.4 Å². The van der Waals surface area contributed by atoms with Crippen LogP contribution in [-0.4, -0.2) is 18.0 Å². The highest BCUT2D eigenvalue weighted by Crippen LogP contribution is 2.19. The van der Waals surface area contributed by atoms with Crippen molar-refractivity contribution in [2.24, 2.45) is 0 Å². The van der Waals surface area contributed by atoms with Gasteiger partial charge in [-0.15, -0.1) is 0 Å². The van der Waals surface area contributed by atoms with Gasteiger partial charge in [0.05, 0.1) is 19.8 Å². The fourth-order valence-electron chi connectivity index (χ4n) is 1.55. The summed E-state index contributed by atoms with van der Waals surface area (Å²) >= 11 is 0. The van der Waals surface area contributed by atoms with Crippen molar-refractivity contribution >= 4 is 0 Å². The van der Waals surface area contributed by atoms with E-state index in [2.05, 4.69) is 19.1 Å². The molecule has 0 spiro atoms. The molecule has 0 aromatic heterocycles. The zero-order chi connectivity index (χ0) is 9.97. The predicted molar refractivity (Wildman–Crippen MR) is 51.6 cm³/mol. The number of benzene rings is 1. The second-order valence-electron chi connectivity index (χ2n) is 3.51. The lowest BCUT2D eigenvalue weighted by molar-refractivity contribution is -0.168. The molecule has 0 fully saturated rings. The normalized spacial score (nSPS) is 21.4. The van der Waals surface area contributed by atoms with E-state index in [-0.39, 0.29) is 6.61 Å². The average Bonchev–Trinajstić information content (AvgIpc) is 2.39. The van der Waals surface area contributed by atoms with Crippen LogP contribution < -0.4 is 0 Å². The SMILES string of the molecule is Cc1ccc2c(c1)COC(CO)OC2. The highest BCUT2D eigenvalue weighted by atomic mass is 16.7. The Balaban J connectivity index is 2.21. The van der Waals surface area contributed by atoms with E-state index in [9.17, 15) is 0 Å². The summed E-state index contributed by atoms with van der Waals surface area (Å²) in [6.07, 6.45) is -0.484. The number of aryl methyl sites for hydroxylation is 1. The zero-order valence-corrected chi connectivity index (χ0v) is 8.19. The fourth-order valence-corrected chi connectivity index (χ4v) is 1.55. The number of aliphatic hydroxyl groups excluding tert-OH is 1. The van der Waals surface area contributed by atoms with Gasteiger partial charge >= 0.3 is 0 Å². The van der Waals surface area contributed by atoms with Crippen molar-refractivity contribution < 1.29 is 14.6 Å². The largest absolute Gasteiger partial charge is 0.391 e. The van der Waals surface area contributed by atoms with Crippen LogP contribution >= 0.6 is 0 Å². The van der Waals surface area contributed by atoms with Crippen molar-refractivity contribution in [3.05, 3.63) is 34.9 Å². The number of hydrogen-bond acceptors (Lipinski definition) is 3. The van der Waals surface area contributed by atoms with Gasteiger partial charge in [-0.05, 0) is 18.1 Å². The first-order chi connectivity index (χ1) is 6.79. The third-order valence-electron chi connectivity index (χ3n) is 2.36. The van der Waals surface area contributed by atoms with E-state index in [0.29, 0.717) is 13.2 Å². The summed E-state index contributed by atoms with van der Waals surface area (Å²) in [6, 6.07) is 6.20. The minimum atomic E-state index is -0.484. The minimum Gasteiger partial charge on any atom is -0.391 e. The van der Waals surface area contributed by atoms with Crippen molar-refractivity contribution in [1.82, 2.24) is 0 Å². The van der Waals surface area contributed by atoms with Crippen LogP contribution in [0.3, 0.4) is 0 Å². The summed E-state index contributed by atoms with van der Waals surface area (Å²) in [4.78, 5) is 0. The molecule has 0 aliphatic carbocycles. The molecule has 2 rings (SSSR count). The molecular formula is C11H14O3. The molecule has 1 aliphatic heterocycles. The van der Waals surface area contributed by atoms with Crippen LogP contribution in [0.15, 0.2) is 18.2 Å². The summed E-state index contributed by atoms with van der Waals surface area (Å²) in [5, 5.41) is 8.90. The molecule has 1 atom stereocenters. The maximum atomic E-state index is 8.90. The number of hydrogen-bond donors (Lipinski definition) is 1. The molecule has 1 unspecified atom stereocenters. The molecule has 3 heteroatoms. The molecule has 1 heterocycles. The van der Waals surface area contributed by atoms with E-state index in [4.69, 9.17) is 14.6 Å². The van der Waals surface area contributed by atoms with E-state index in [0.717, 1.165) is 11.1 Å². The molecule has 0 amide bonds. The van der Waals surface area contributed by atoms with Gasteiger partial charge in [-0.25, -0.2) is 0 Å². The molecule has 3 nitrogen and oxygen atoms in total. The van der Waals surface area contributed by atoms with Crippen molar-refractivity contribution in [3.63, 3.8) is 0 Å². The Morgan fingerprint density at radius 1 is 1.29 bits per heavy atom. The first-order valence-electron chi connectivity index (χ1n) is 4.72. The topological polar surface area (TPSA) is 38.7 Å². The van der Waals surface area contributed by atoms with Gasteiger partial charge in [-0.1, -0.05) is 23.8 Å². The maximum Gasteiger partial charge on any atom is 0.181 e. The van der Waals surface area contributed by atoms with Gasteiger partial charge in [0.15, 0.2) is 6.29 Å². The number of fused-ring (bicyclic) bond motifs is 1. The quantitative estimate of drug-likeness (QED) is 0.733. The van der Waals surface area contributed by atoms with Crippen molar-refractivity contribution in [1.29, 1.82) is 0 Å². The van der Waals surface area contributed by atoms with Gasteiger partial charge in [0.2, 0.25) is 0 Å². The summed E-state index contributed by atoms with van der Waals surface area (Å²) in [7, 11) is 0. The Morgan fingerprint density at radius 3 is 2.71 bits per heavy atom. The number of ether oxygens (including phenoxy) is 2. The standard InChI is InChI=1S/C11H14O3/c1-8-2-3-9-6-13-11(5-12)14-7-10(9)4-8/h2-4,11-12H,5-7H2,1H3. The second kappa shape index (κ2) is 4.09. The van der Waals surface area contributed by atoms with Gasteiger partial charge in [0.1, 0.15) is 0 Å². The number of rotatable bonds is 1. The van der Waals surface area contributed by atoms with E-state index in [1.807, 2.05) is 6.07 Å². The third kappa shape index (κ3) is 1.95. The van der Waals surface area contributed by atoms with Crippen molar-refractivity contribution in [3.8, 4) is 0 Å². The van der Waals surface area contributed by atoms with E-state index in [1.165, 1.54) is 5.56 Å². The lowest BCUT2D eigenvalue weighted by atomic mass is 10.1. The molecule has 0 radical (unpaired) electrons. The molecule has 1 aliphatic rings. The summed E-state index contributed by atoms with van der Waals surface area (Å²) in [6.45, 7) is 2.99. The molecule has 0 saturated carbocycles. The first-order valence-corrected chi connectivity index (χ1v) is 4.72. The van der Waals surface area contributed by atoms with E-state index < -0.39 is 6.29 Å². The van der Waals surface area contributed by atoms with Crippen LogP contribution in [0.5, 0.6) is 0 Å². The number of aliphatic hydroxyl groups is 1. The average molecular weight is 194 g/mol. The highest BCUT2D eigenvalue weighted by molar-refractivity contribution is 5.30. The zero-order valence-electron chi connectivity index (χ0n) is 8.19. The molecule has 0 bridgehead atoms. The smallest absolute Gasteiger partial charge is 0.181 e. The highest BCUT2D eigenvalue weighted by Gasteiger charge is 2.15. The molecule has 14 heavy (non-hydrogen) atoms. The van der Waals surface area contributed by atoms with Gasteiger partial charge < -0.3 is 14.6 Å². The third-order valence-corrected chi connectivity index (χ3v) is 2.36. The van der Waals surface area contributed by atoms with Gasteiger partial charge in [-0.2, -0.15) is 0 Å². The van der Waals surface area contributed by atoms with Crippen LogP contribution in [0.25, 0.3) is 0 Å². The Hall–Kier alpha value is -0.900. The monoisotopic (exact) mass is 194 g/mol. The lowest BCUT2D eigenvalue weighted by Crippen LogP contribution is -2.18. The van der Waals surface area contributed by atoms with Crippen molar-refractivity contribution in [2.75, 3.05) is 6.61 Å². The van der Waals surface area contributed by atoms with Gasteiger partial charge in [-0.3, -0.25) is 0 Å². The predicted octanol–water partition coefficient (Wildman–Crippen LogP) is 1.36. The van der Waals surface area contributed by atoms with Crippen LogP contribution in [0, 0.1) is 6.92 Å². The second-order valence-corrected chi connectivity index (χ2v) is 3.51. The van der Waals surface area contributed by atoms with Crippen LogP contribution in [-0.2, 0) is 22.7 Å². The van der Waals surface area contributed by atoms with Crippen LogP contribution in [0.1, 0.15) is 16.7 Å². The molecule has 0 saturated heterocycles. The van der Waals surface area contributed by atoms with Crippen LogP contribution in [0.4, 0.5) is 0 Å². The van der Waals surface area contributed by atoms with E-state index >= 15 is 0 Å². The Kier molecular flexibility index (Phi) is 2.82. The molecule has 1 N–H and O–H groups in total. The fraction of sp³-hybridized carbons (Fsp3) is 0.455. The van der Waals surface area contributed by atoms with Crippen LogP contribution in [0.2, 0.25) is 0 Å². The summed E-state index contributed by atoms with van der Waals surface area (Å²) < 4.78 is 10.7. The molecule has 76 valence electrons. The summed E-state index contributed by atoms with van der Waals surface area (Å²) in [5.74, 6) is 0. The van der Waals surface area contributed by atoms with E-state index in [1.54, 1.807) is 0 Å². The first kappa shape index (κ1) is 9.65. The lowest BCUT2D eigenvalue weighted by Gasteiger charge is -2.10. The molecule has 1 aromatic carbocycles. The Morgan fingerprint density at radius 2 is 2.00 bits per heavy atom. The van der Waals surface area contributed by atoms with Gasteiger partial charge in [0.25, 0.3) is 0 Å². The Labute approximate surface area is 83.3 Å². The van der Waals surface area contributed by atoms with Gasteiger partial charge in [0, 0.05) is 0 Å². The Bertz CT molecular complexity index is 322. The molecule has 1 aromatic rings. The maximum absolute atomic E-state index is 8.90. The molecular weight excluding hydrogens is 180 g/mol. The minimum absolute atomic E-state index is 0.0903. The summed E-state index contributed by atoms with van der Waals surface area (Å²) in [5.41, 5.74) is 3.52.